The number of carbonyl (C=O) groups is 2. The molecule has 0 bridgehead atoms. The van der Waals surface area contributed by atoms with Gasteiger partial charge in [-0.3, -0.25) is 9.59 Å². The van der Waals surface area contributed by atoms with Crippen LogP contribution in [0.1, 0.15) is 6.92 Å². The second-order valence-electron chi connectivity index (χ2n) is 2.79. The number of β-lactam (4-membered cyclic amide) rings is 1. The van der Waals surface area contributed by atoms with Crippen molar-refractivity contribution in [3.8, 4) is 0 Å². The number of aliphatic hydroxyl groups is 1. The van der Waals surface area contributed by atoms with Gasteiger partial charge in [0.25, 0.3) is 0 Å². The molecule has 1 aliphatic heterocycles. The van der Waals surface area contributed by atoms with Crippen molar-refractivity contribution in [1.82, 2.24) is 5.32 Å². The highest BCUT2D eigenvalue weighted by Gasteiger charge is 2.46. The van der Waals surface area contributed by atoms with E-state index in [1.54, 1.807) is 0 Å². The Morgan fingerprint density at radius 2 is 2.46 bits per heavy atom. The van der Waals surface area contributed by atoms with Gasteiger partial charge in [-0.2, -0.15) is 0 Å². The van der Waals surface area contributed by atoms with E-state index in [0.29, 0.717) is 0 Å². The number of carbonyl (C=O) groups excluding carboxylic acids is 2. The Kier molecular flexibility index (Phi) is 2.82. The van der Waals surface area contributed by atoms with Gasteiger partial charge in [0.05, 0.1) is 6.10 Å². The van der Waals surface area contributed by atoms with Crippen molar-refractivity contribution in [1.29, 1.82) is 0 Å². The minimum atomic E-state index is -1.40. The summed E-state index contributed by atoms with van der Waals surface area (Å²) in [5.41, 5.74) is 0. The molecule has 5 nitrogen and oxygen atoms in total. The largest absolute Gasteiger partial charge is 0.441 e. The van der Waals surface area contributed by atoms with Crippen molar-refractivity contribution in [2.75, 3.05) is 6.67 Å². The zero-order chi connectivity index (χ0) is 10.0. The van der Waals surface area contributed by atoms with Crippen LogP contribution in [-0.4, -0.2) is 36.0 Å². The molecule has 1 aliphatic rings. The monoisotopic (exact) mass is 191 g/mol. The van der Waals surface area contributed by atoms with Crippen LogP contribution in [0.4, 0.5) is 4.39 Å². The molecular formula is C7H10FNO4. The van der Waals surface area contributed by atoms with Crippen molar-refractivity contribution in [2.45, 2.75) is 19.3 Å². The molecule has 0 aromatic carbocycles. The summed E-state index contributed by atoms with van der Waals surface area (Å²) in [6.45, 7) is 0.138. The zero-order valence-corrected chi connectivity index (χ0v) is 6.99. The zero-order valence-electron chi connectivity index (χ0n) is 6.99. The fraction of sp³-hybridized carbons (Fsp3) is 0.714. The van der Waals surface area contributed by atoms with Crippen LogP contribution in [0, 0.1) is 5.92 Å². The minimum Gasteiger partial charge on any atom is -0.441 e. The smallest absolute Gasteiger partial charge is 0.304 e. The van der Waals surface area contributed by atoms with E-state index in [0.717, 1.165) is 0 Å². The third kappa shape index (κ3) is 1.95. The van der Waals surface area contributed by atoms with E-state index < -0.39 is 36.8 Å². The number of hydrogen-bond acceptors (Lipinski definition) is 4. The molecule has 3 unspecified atom stereocenters. The number of alkyl halides is 1. The van der Waals surface area contributed by atoms with Gasteiger partial charge in [-0.05, 0) is 0 Å². The van der Waals surface area contributed by atoms with Crippen LogP contribution in [0.15, 0.2) is 0 Å². The first-order valence-corrected chi connectivity index (χ1v) is 3.78. The molecule has 1 rings (SSSR count). The maximum absolute atomic E-state index is 12.0. The molecule has 0 spiro atoms. The van der Waals surface area contributed by atoms with E-state index in [2.05, 4.69) is 10.1 Å². The lowest BCUT2D eigenvalue weighted by molar-refractivity contribution is -0.175. The fourth-order valence-electron chi connectivity index (χ4n) is 1.12. The third-order valence-electron chi connectivity index (χ3n) is 1.78. The van der Waals surface area contributed by atoms with Crippen LogP contribution >= 0.6 is 0 Å². The predicted octanol–water partition coefficient (Wildman–Crippen LogP) is -1.05. The number of aliphatic hydroxyl groups excluding tert-OH is 1. The molecule has 13 heavy (non-hydrogen) atoms. The van der Waals surface area contributed by atoms with E-state index in [4.69, 9.17) is 5.11 Å². The quantitative estimate of drug-likeness (QED) is 0.441. The number of ether oxygens (including phenoxy) is 1. The standard InChI is InChI=1S/C7H10FNO4/c1-3(10)13-7-5(4(11)2-8)6(12)9-7/h4-5,7,11H,2H2,1H3,(H,9,12). The minimum absolute atomic E-state index is 0.503. The van der Waals surface area contributed by atoms with Gasteiger partial charge in [-0.1, -0.05) is 0 Å². The van der Waals surface area contributed by atoms with E-state index >= 15 is 0 Å². The van der Waals surface area contributed by atoms with Crippen molar-refractivity contribution < 1.29 is 23.8 Å². The molecule has 0 saturated carbocycles. The lowest BCUT2D eigenvalue weighted by atomic mass is 9.93. The Morgan fingerprint density at radius 1 is 1.85 bits per heavy atom. The first-order chi connectivity index (χ1) is 6.06. The van der Waals surface area contributed by atoms with Gasteiger partial charge in [0, 0.05) is 6.92 Å². The van der Waals surface area contributed by atoms with Crippen LogP contribution < -0.4 is 5.32 Å². The maximum atomic E-state index is 12.0. The molecule has 2 N–H and O–H groups in total. The molecule has 6 heteroatoms. The number of halogens is 1. The van der Waals surface area contributed by atoms with Gasteiger partial charge in [-0.25, -0.2) is 4.39 Å². The second kappa shape index (κ2) is 3.69. The summed E-state index contributed by atoms with van der Waals surface area (Å²) < 4.78 is 16.6. The Labute approximate surface area is 73.9 Å². The molecule has 0 aliphatic carbocycles. The normalized spacial score (nSPS) is 28.7. The molecule has 0 aromatic heterocycles. The summed E-state index contributed by atoms with van der Waals surface area (Å²) in [7, 11) is 0. The lowest BCUT2D eigenvalue weighted by Gasteiger charge is -2.37. The van der Waals surface area contributed by atoms with Crippen LogP contribution in [0.5, 0.6) is 0 Å². The van der Waals surface area contributed by atoms with E-state index in [-0.39, 0.29) is 0 Å². The van der Waals surface area contributed by atoms with E-state index in [1.165, 1.54) is 6.92 Å². The maximum Gasteiger partial charge on any atom is 0.304 e. The van der Waals surface area contributed by atoms with Crippen molar-refractivity contribution >= 4 is 11.9 Å². The van der Waals surface area contributed by atoms with Gasteiger partial charge in [0.2, 0.25) is 5.91 Å². The van der Waals surface area contributed by atoms with Gasteiger partial charge >= 0.3 is 5.97 Å². The SMILES string of the molecule is CC(=O)OC1NC(=O)C1C(O)CF. The highest BCUT2D eigenvalue weighted by Crippen LogP contribution is 2.20. The molecule has 3 atom stereocenters. The summed E-state index contributed by atoms with van der Waals surface area (Å²) >= 11 is 0. The highest BCUT2D eigenvalue weighted by molar-refractivity contribution is 5.86. The molecule has 1 amide bonds. The van der Waals surface area contributed by atoms with E-state index in [9.17, 15) is 14.0 Å². The first kappa shape index (κ1) is 9.91. The van der Waals surface area contributed by atoms with Crippen LogP contribution in [-0.2, 0) is 14.3 Å². The first-order valence-electron chi connectivity index (χ1n) is 3.78. The molecule has 0 radical (unpaired) electrons. The topological polar surface area (TPSA) is 75.6 Å². The van der Waals surface area contributed by atoms with Crippen LogP contribution in [0.3, 0.4) is 0 Å². The summed E-state index contributed by atoms with van der Waals surface area (Å²) in [4.78, 5) is 21.3. The van der Waals surface area contributed by atoms with Crippen molar-refractivity contribution in [3.05, 3.63) is 0 Å². The Morgan fingerprint density at radius 3 is 2.85 bits per heavy atom. The number of rotatable bonds is 3. The van der Waals surface area contributed by atoms with Crippen LogP contribution in [0.2, 0.25) is 0 Å². The van der Waals surface area contributed by atoms with Gasteiger partial charge < -0.3 is 15.2 Å². The molecular weight excluding hydrogens is 181 g/mol. The van der Waals surface area contributed by atoms with Crippen molar-refractivity contribution in [3.63, 3.8) is 0 Å². The summed E-state index contributed by atoms with van der Waals surface area (Å²) in [6.07, 6.45) is -2.30. The van der Waals surface area contributed by atoms with Gasteiger partial charge in [0.1, 0.15) is 12.6 Å². The lowest BCUT2D eigenvalue weighted by Crippen LogP contribution is -2.64. The second-order valence-corrected chi connectivity index (χ2v) is 2.79. The molecule has 1 heterocycles. The summed E-state index contributed by atoms with van der Waals surface area (Å²) in [5, 5.41) is 11.2. The number of nitrogens with one attached hydrogen (secondary N) is 1. The molecule has 0 aromatic rings. The summed E-state index contributed by atoms with van der Waals surface area (Å²) in [5.74, 6) is -2.06. The highest BCUT2D eigenvalue weighted by atomic mass is 19.1. The van der Waals surface area contributed by atoms with Crippen molar-refractivity contribution in [2.24, 2.45) is 5.92 Å². The third-order valence-corrected chi connectivity index (χ3v) is 1.78. The number of hydrogen-bond donors (Lipinski definition) is 2. The molecule has 1 fully saturated rings. The Bertz CT molecular complexity index is 233. The Balaban J connectivity index is 2.50. The predicted molar refractivity (Wildman–Crippen MR) is 39.2 cm³/mol. The molecule has 1 saturated heterocycles. The average Bonchev–Trinajstić information content (AvgIpc) is 2.02. The Hall–Kier alpha value is -1.17. The number of esters is 1. The fourth-order valence-corrected chi connectivity index (χ4v) is 1.12. The average molecular weight is 191 g/mol. The van der Waals surface area contributed by atoms with Gasteiger partial charge in [0.15, 0.2) is 6.23 Å². The molecule has 74 valence electrons. The van der Waals surface area contributed by atoms with Crippen LogP contribution in [0.25, 0.3) is 0 Å². The summed E-state index contributed by atoms with van der Waals surface area (Å²) in [6, 6.07) is 0. The van der Waals surface area contributed by atoms with Gasteiger partial charge in [-0.15, -0.1) is 0 Å². The van der Waals surface area contributed by atoms with E-state index in [1.807, 2.05) is 0 Å². The number of amides is 1.